The fourth-order valence-corrected chi connectivity index (χ4v) is 3.45. The molecule has 10 nitrogen and oxygen atoms in total. The van der Waals surface area contributed by atoms with Crippen LogP contribution in [0.2, 0.25) is 0 Å². The molecule has 0 saturated carbocycles. The van der Waals surface area contributed by atoms with Gasteiger partial charge in [-0.2, -0.15) is 0 Å². The highest BCUT2D eigenvalue weighted by molar-refractivity contribution is 5.77. The molecule has 1 heterocycles. The van der Waals surface area contributed by atoms with Gasteiger partial charge in [0.15, 0.2) is 23.0 Å². The van der Waals surface area contributed by atoms with Gasteiger partial charge >= 0.3 is 0 Å². The van der Waals surface area contributed by atoms with Crippen LogP contribution in [0.4, 0.5) is 0 Å². The van der Waals surface area contributed by atoms with Crippen LogP contribution in [-0.2, 0) is 23.7 Å². The standard InChI is InChI=1S/C27H37NO9/c1-30-13-11-28(12-14-31-2)27(29)21-35-22-19-36-25-9-5-3-7-23(25)33-17-15-32-16-18-34-24-8-4-6-10-26(24)37-20-22/h3-10,22H,11-21H2,1-2H3. The summed E-state index contributed by atoms with van der Waals surface area (Å²) in [6, 6.07) is 14.8. The molecular weight excluding hydrogens is 482 g/mol. The number of fused-ring (bicyclic) bond motifs is 2. The first-order chi connectivity index (χ1) is 18.2. The number of hydrogen-bond donors (Lipinski definition) is 0. The van der Waals surface area contributed by atoms with Crippen molar-refractivity contribution in [3.05, 3.63) is 48.5 Å². The molecule has 10 heteroatoms. The van der Waals surface area contributed by atoms with Gasteiger partial charge in [0.25, 0.3) is 0 Å². The van der Waals surface area contributed by atoms with E-state index in [4.69, 9.17) is 37.9 Å². The third-order valence-electron chi connectivity index (χ3n) is 5.44. The summed E-state index contributed by atoms with van der Waals surface area (Å²) in [6.07, 6.45) is -0.548. The predicted octanol–water partition coefficient (Wildman–Crippen LogP) is 2.44. The van der Waals surface area contributed by atoms with Gasteiger partial charge in [0.05, 0.1) is 26.4 Å². The molecule has 2 aromatic carbocycles. The van der Waals surface area contributed by atoms with Gasteiger partial charge in [-0.15, -0.1) is 0 Å². The molecule has 37 heavy (non-hydrogen) atoms. The zero-order chi connectivity index (χ0) is 26.1. The normalized spacial score (nSPS) is 15.2. The molecule has 0 unspecified atom stereocenters. The van der Waals surface area contributed by atoms with E-state index in [1.165, 1.54) is 0 Å². The first-order valence-corrected chi connectivity index (χ1v) is 12.4. The maximum Gasteiger partial charge on any atom is 0.248 e. The summed E-state index contributed by atoms with van der Waals surface area (Å²) in [5, 5.41) is 0. The Kier molecular flexibility index (Phi) is 12.8. The molecular formula is C27H37NO9. The lowest BCUT2D eigenvalue weighted by atomic mass is 10.3. The summed E-state index contributed by atoms with van der Waals surface area (Å²) in [7, 11) is 3.19. The highest BCUT2D eigenvalue weighted by Crippen LogP contribution is 2.28. The highest BCUT2D eigenvalue weighted by atomic mass is 16.6. The molecule has 0 fully saturated rings. The smallest absolute Gasteiger partial charge is 0.248 e. The topological polar surface area (TPSA) is 94.2 Å². The third-order valence-corrected chi connectivity index (χ3v) is 5.44. The molecule has 1 amide bonds. The van der Waals surface area contributed by atoms with Gasteiger partial charge in [0.2, 0.25) is 5.91 Å². The van der Waals surface area contributed by atoms with E-state index in [-0.39, 0.29) is 25.7 Å². The van der Waals surface area contributed by atoms with E-state index in [9.17, 15) is 4.79 Å². The van der Waals surface area contributed by atoms with Gasteiger partial charge in [-0.25, -0.2) is 0 Å². The molecule has 2 aromatic rings. The van der Waals surface area contributed by atoms with Crippen molar-refractivity contribution in [1.82, 2.24) is 4.90 Å². The lowest BCUT2D eigenvalue weighted by Crippen LogP contribution is -2.40. The number of benzene rings is 2. The first-order valence-electron chi connectivity index (χ1n) is 12.4. The summed E-state index contributed by atoms with van der Waals surface area (Å²) in [4.78, 5) is 14.5. The van der Waals surface area contributed by atoms with Gasteiger partial charge in [0.1, 0.15) is 39.1 Å². The molecule has 0 radical (unpaired) electrons. The average Bonchev–Trinajstić information content (AvgIpc) is 2.92. The van der Waals surface area contributed by atoms with Gasteiger partial charge in [0, 0.05) is 27.3 Å². The molecule has 1 aliphatic heterocycles. The Morgan fingerprint density at radius 1 is 0.757 bits per heavy atom. The number of rotatable bonds is 9. The SMILES string of the molecule is COCCN(CCOC)C(=O)COC1COc2ccccc2OCCOCCOc2ccccc2OC1. The van der Waals surface area contributed by atoms with Crippen molar-refractivity contribution < 1.29 is 42.7 Å². The Morgan fingerprint density at radius 3 is 1.68 bits per heavy atom. The molecule has 0 bridgehead atoms. The second-order valence-corrected chi connectivity index (χ2v) is 8.12. The van der Waals surface area contributed by atoms with Crippen molar-refractivity contribution in [3.8, 4) is 23.0 Å². The number of ether oxygens (including phenoxy) is 8. The van der Waals surface area contributed by atoms with Gasteiger partial charge in [-0.05, 0) is 24.3 Å². The largest absolute Gasteiger partial charge is 0.487 e. The zero-order valence-corrected chi connectivity index (χ0v) is 21.6. The van der Waals surface area contributed by atoms with Crippen LogP contribution in [0.5, 0.6) is 23.0 Å². The van der Waals surface area contributed by atoms with E-state index in [0.717, 1.165) is 0 Å². The fraction of sp³-hybridized carbons (Fsp3) is 0.519. The van der Waals surface area contributed by atoms with Crippen LogP contribution in [-0.4, -0.2) is 104 Å². The molecule has 0 aromatic heterocycles. The van der Waals surface area contributed by atoms with Crippen LogP contribution in [0.15, 0.2) is 48.5 Å². The summed E-state index contributed by atoms with van der Waals surface area (Å²) < 4.78 is 45.6. The van der Waals surface area contributed by atoms with Crippen molar-refractivity contribution >= 4 is 5.91 Å². The molecule has 3 rings (SSSR count). The lowest BCUT2D eigenvalue weighted by molar-refractivity contribution is -0.140. The molecule has 0 saturated heterocycles. The molecule has 0 atom stereocenters. The number of carbonyl (C=O) groups is 1. The zero-order valence-electron chi connectivity index (χ0n) is 21.6. The van der Waals surface area contributed by atoms with E-state index in [1.54, 1.807) is 19.1 Å². The quantitative estimate of drug-likeness (QED) is 0.495. The van der Waals surface area contributed by atoms with E-state index in [0.29, 0.717) is 75.7 Å². The van der Waals surface area contributed by atoms with Crippen molar-refractivity contribution in [1.29, 1.82) is 0 Å². The number of para-hydroxylation sites is 4. The molecule has 0 N–H and O–H groups in total. The predicted molar refractivity (Wildman–Crippen MR) is 136 cm³/mol. The van der Waals surface area contributed by atoms with E-state index >= 15 is 0 Å². The summed E-state index contributed by atoms with van der Waals surface area (Å²) in [6.45, 7) is 3.43. The van der Waals surface area contributed by atoms with Crippen LogP contribution in [0.25, 0.3) is 0 Å². The second-order valence-electron chi connectivity index (χ2n) is 8.12. The molecule has 0 spiro atoms. The Bertz CT molecular complexity index is 863. The van der Waals surface area contributed by atoms with Crippen LogP contribution in [0.1, 0.15) is 0 Å². The number of hydrogen-bond acceptors (Lipinski definition) is 9. The van der Waals surface area contributed by atoms with Crippen molar-refractivity contribution in [2.75, 3.05) is 86.8 Å². The summed E-state index contributed by atoms with van der Waals surface area (Å²) in [5.41, 5.74) is 0. The van der Waals surface area contributed by atoms with Gasteiger partial charge in [-0.3, -0.25) is 4.79 Å². The van der Waals surface area contributed by atoms with Gasteiger partial charge in [-0.1, -0.05) is 24.3 Å². The Balaban J connectivity index is 1.71. The Labute approximate surface area is 218 Å². The number of amides is 1. The van der Waals surface area contributed by atoms with Crippen LogP contribution in [0.3, 0.4) is 0 Å². The minimum absolute atomic E-state index is 0.140. The van der Waals surface area contributed by atoms with E-state index in [2.05, 4.69) is 0 Å². The summed E-state index contributed by atoms with van der Waals surface area (Å²) >= 11 is 0. The van der Waals surface area contributed by atoms with Gasteiger partial charge < -0.3 is 42.8 Å². The third kappa shape index (κ3) is 10.1. The maximum absolute atomic E-state index is 12.9. The summed E-state index contributed by atoms with van der Waals surface area (Å²) in [5.74, 6) is 2.16. The first kappa shape index (κ1) is 28.5. The molecule has 0 aliphatic carbocycles. The molecule has 204 valence electrons. The van der Waals surface area contributed by atoms with Crippen LogP contribution in [0, 0.1) is 0 Å². The van der Waals surface area contributed by atoms with E-state index in [1.807, 2.05) is 48.5 Å². The number of nitrogens with zero attached hydrogens (tertiary/aromatic N) is 1. The van der Waals surface area contributed by atoms with Crippen molar-refractivity contribution in [2.45, 2.75) is 6.10 Å². The monoisotopic (exact) mass is 519 g/mol. The van der Waals surface area contributed by atoms with Crippen molar-refractivity contribution in [2.24, 2.45) is 0 Å². The minimum atomic E-state index is -0.548. The Morgan fingerprint density at radius 2 is 1.22 bits per heavy atom. The van der Waals surface area contributed by atoms with Crippen molar-refractivity contribution in [3.63, 3.8) is 0 Å². The fourth-order valence-electron chi connectivity index (χ4n) is 3.45. The van der Waals surface area contributed by atoms with Crippen LogP contribution >= 0.6 is 0 Å². The number of carbonyl (C=O) groups excluding carboxylic acids is 1. The Hall–Kier alpha value is -3.05. The van der Waals surface area contributed by atoms with Crippen LogP contribution < -0.4 is 18.9 Å². The average molecular weight is 520 g/mol. The molecule has 1 aliphatic rings. The maximum atomic E-state index is 12.9. The number of methoxy groups -OCH3 is 2. The lowest BCUT2D eigenvalue weighted by Gasteiger charge is -2.24. The minimum Gasteiger partial charge on any atom is -0.487 e. The second kappa shape index (κ2) is 16.6. The highest BCUT2D eigenvalue weighted by Gasteiger charge is 2.20. The van der Waals surface area contributed by atoms with E-state index < -0.39 is 6.10 Å².